The van der Waals surface area contributed by atoms with Gasteiger partial charge in [-0.05, 0) is 55.2 Å². The fourth-order valence-electron chi connectivity index (χ4n) is 3.61. The number of benzene rings is 2. The predicted octanol–water partition coefficient (Wildman–Crippen LogP) is 4.12. The van der Waals surface area contributed by atoms with Gasteiger partial charge in [0.15, 0.2) is 0 Å². The fourth-order valence-corrected chi connectivity index (χ4v) is 3.61. The molecular formula is C23H27N3O2. The maximum atomic E-state index is 5.82. The minimum atomic E-state index is 0.0926. The molecular weight excluding hydrogens is 350 g/mol. The highest BCUT2D eigenvalue weighted by atomic mass is 16.5. The third-order valence-electron chi connectivity index (χ3n) is 5.36. The molecule has 2 aromatic carbocycles. The second-order valence-corrected chi connectivity index (χ2v) is 7.27. The van der Waals surface area contributed by atoms with Crippen LogP contribution in [0.15, 0.2) is 61.2 Å². The van der Waals surface area contributed by atoms with Crippen molar-refractivity contribution < 1.29 is 9.47 Å². The second kappa shape index (κ2) is 8.07. The number of hydrogen-bond acceptors (Lipinski definition) is 4. The van der Waals surface area contributed by atoms with E-state index < -0.39 is 0 Å². The van der Waals surface area contributed by atoms with Gasteiger partial charge in [-0.1, -0.05) is 18.2 Å². The lowest BCUT2D eigenvalue weighted by Gasteiger charge is -2.19. The van der Waals surface area contributed by atoms with E-state index >= 15 is 0 Å². The summed E-state index contributed by atoms with van der Waals surface area (Å²) in [6.45, 7) is 4.26. The summed E-state index contributed by atoms with van der Waals surface area (Å²) in [6, 6.07) is 14.9. The Bertz CT molecular complexity index is 900. The van der Waals surface area contributed by atoms with Crippen molar-refractivity contribution in [2.45, 2.75) is 38.4 Å². The highest BCUT2D eigenvalue weighted by Crippen LogP contribution is 2.46. The van der Waals surface area contributed by atoms with E-state index in [1.165, 1.54) is 16.7 Å². The summed E-state index contributed by atoms with van der Waals surface area (Å²) in [5.41, 5.74) is 3.86. The summed E-state index contributed by atoms with van der Waals surface area (Å²) in [7, 11) is 1.70. The summed E-state index contributed by atoms with van der Waals surface area (Å²) >= 11 is 0. The quantitative estimate of drug-likeness (QED) is 0.609. The van der Waals surface area contributed by atoms with Crippen molar-refractivity contribution in [3.63, 3.8) is 0 Å². The first-order valence-corrected chi connectivity index (χ1v) is 9.82. The first kappa shape index (κ1) is 18.6. The minimum Gasteiger partial charge on any atom is -0.497 e. The molecule has 0 spiro atoms. The van der Waals surface area contributed by atoms with Gasteiger partial charge in [0, 0.05) is 30.0 Å². The van der Waals surface area contributed by atoms with Crippen molar-refractivity contribution in [3.05, 3.63) is 77.9 Å². The van der Waals surface area contributed by atoms with Crippen LogP contribution in [0.4, 0.5) is 0 Å². The van der Waals surface area contributed by atoms with Gasteiger partial charge in [0.05, 0.1) is 26.6 Å². The van der Waals surface area contributed by atoms with Crippen LogP contribution in [-0.2, 0) is 18.6 Å². The highest BCUT2D eigenvalue weighted by Gasteiger charge is 2.43. The zero-order valence-corrected chi connectivity index (χ0v) is 16.5. The molecule has 0 aliphatic heterocycles. The molecule has 5 nitrogen and oxygen atoms in total. The molecule has 4 rings (SSSR count). The van der Waals surface area contributed by atoms with Gasteiger partial charge >= 0.3 is 0 Å². The molecule has 0 unspecified atom stereocenters. The van der Waals surface area contributed by atoms with Gasteiger partial charge in [0.25, 0.3) is 0 Å². The third-order valence-corrected chi connectivity index (χ3v) is 5.36. The molecule has 28 heavy (non-hydrogen) atoms. The lowest BCUT2D eigenvalue weighted by molar-refractivity contribution is 0.335. The number of rotatable bonds is 9. The first-order chi connectivity index (χ1) is 13.7. The van der Waals surface area contributed by atoms with Crippen molar-refractivity contribution >= 4 is 0 Å². The van der Waals surface area contributed by atoms with E-state index in [-0.39, 0.29) is 5.54 Å². The van der Waals surface area contributed by atoms with E-state index in [1.807, 2.05) is 31.6 Å². The highest BCUT2D eigenvalue weighted by molar-refractivity contribution is 5.39. The van der Waals surface area contributed by atoms with Gasteiger partial charge in [-0.25, -0.2) is 4.98 Å². The molecule has 0 saturated heterocycles. The molecule has 1 N–H and O–H groups in total. The van der Waals surface area contributed by atoms with Crippen LogP contribution >= 0.6 is 0 Å². The largest absolute Gasteiger partial charge is 0.497 e. The zero-order chi connectivity index (χ0) is 19.4. The summed E-state index contributed by atoms with van der Waals surface area (Å²) in [5.74, 6) is 1.84. The molecule has 0 radical (unpaired) electrons. The van der Waals surface area contributed by atoms with Crippen LogP contribution in [0, 0.1) is 0 Å². The standard InChI is InChI=1S/C23H27N3O2/c1-3-28-22-9-4-18(14-19(22)16-26-13-12-24-17-26)15-25-23(10-11-23)20-5-7-21(27-2)8-6-20/h4-9,12-14,17,25H,3,10-11,15-16H2,1-2H3. The second-order valence-electron chi connectivity index (χ2n) is 7.27. The van der Waals surface area contributed by atoms with E-state index in [4.69, 9.17) is 9.47 Å². The van der Waals surface area contributed by atoms with E-state index in [0.29, 0.717) is 6.61 Å². The monoisotopic (exact) mass is 377 g/mol. The smallest absolute Gasteiger partial charge is 0.124 e. The van der Waals surface area contributed by atoms with Crippen molar-refractivity contribution in [1.82, 2.24) is 14.9 Å². The number of hydrogen-bond donors (Lipinski definition) is 1. The number of nitrogens with zero attached hydrogens (tertiary/aromatic N) is 2. The summed E-state index contributed by atoms with van der Waals surface area (Å²) in [6.07, 6.45) is 7.95. The molecule has 1 fully saturated rings. The normalized spacial score (nSPS) is 14.6. The Hall–Kier alpha value is -2.79. The maximum Gasteiger partial charge on any atom is 0.124 e. The molecule has 1 aliphatic carbocycles. The Labute approximate surface area is 166 Å². The van der Waals surface area contributed by atoms with Gasteiger partial charge in [0.1, 0.15) is 11.5 Å². The molecule has 1 aromatic heterocycles. The zero-order valence-electron chi connectivity index (χ0n) is 16.5. The van der Waals surface area contributed by atoms with Crippen LogP contribution in [-0.4, -0.2) is 23.3 Å². The van der Waals surface area contributed by atoms with Crippen molar-refractivity contribution in [1.29, 1.82) is 0 Å². The lowest BCUT2D eigenvalue weighted by atomic mass is 10.0. The van der Waals surface area contributed by atoms with Crippen LogP contribution in [0.5, 0.6) is 11.5 Å². The molecule has 146 valence electrons. The van der Waals surface area contributed by atoms with Gasteiger partial charge < -0.3 is 19.4 Å². The molecule has 1 heterocycles. The van der Waals surface area contributed by atoms with E-state index in [9.17, 15) is 0 Å². The SMILES string of the molecule is CCOc1ccc(CNC2(c3ccc(OC)cc3)CC2)cc1Cn1ccnc1. The van der Waals surface area contributed by atoms with Gasteiger partial charge in [-0.15, -0.1) is 0 Å². The van der Waals surface area contributed by atoms with Crippen LogP contribution in [0.1, 0.15) is 36.5 Å². The van der Waals surface area contributed by atoms with E-state index in [2.05, 4.69) is 45.2 Å². The summed E-state index contributed by atoms with van der Waals surface area (Å²) in [4.78, 5) is 4.14. The Balaban J connectivity index is 1.48. The van der Waals surface area contributed by atoms with Gasteiger partial charge in [-0.3, -0.25) is 0 Å². The Morgan fingerprint density at radius 1 is 1.14 bits per heavy atom. The third kappa shape index (κ3) is 4.04. The van der Waals surface area contributed by atoms with E-state index in [0.717, 1.165) is 37.4 Å². The molecule has 0 bridgehead atoms. The fraction of sp³-hybridized carbons (Fsp3) is 0.348. The molecule has 3 aromatic rings. The van der Waals surface area contributed by atoms with Crippen LogP contribution < -0.4 is 14.8 Å². The Kier molecular flexibility index (Phi) is 5.35. The predicted molar refractivity (Wildman–Crippen MR) is 110 cm³/mol. The lowest BCUT2D eigenvalue weighted by Crippen LogP contribution is -2.28. The van der Waals surface area contributed by atoms with E-state index in [1.54, 1.807) is 13.3 Å². The maximum absolute atomic E-state index is 5.82. The van der Waals surface area contributed by atoms with Crippen molar-refractivity contribution in [2.24, 2.45) is 0 Å². The summed E-state index contributed by atoms with van der Waals surface area (Å²) in [5, 5.41) is 3.78. The summed E-state index contributed by atoms with van der Waals surface area (Å²) < 4.78 is 13.2. The molecule has 5 heteroatoms. The van der Waals surface area contributed by atoms with Crippen LogP contribution in [0.3, 0.4) is 0 Å². The molecule has 0 amide bonds. The number of ether oxygens (including phenoxy) is 2. The number of methoxy groups -OCH3 is 1. The molecule has 1 aliphatic rings. The van der Waals surface area contributed by atoms with Crippen molar-refractivity contribution in [3.8, 4) is 11.5 Å². The van der Waals surface area contributed by atoms with Crippen LogP contribution in [0.25, 0.3) is 0 Å². The average Bonchev–Trinajstić information content (AvgIpc) is 3.35. The Morgan fingerprint density at radius 2 is 1.96 bits per heavy atom. The molecule has 0 atom stereocenters. The first-order valence-electron chi connectivity index (χ1n) is 9.82. The van der Waals surface area contributed by atoms with Gasteiger partial charge in [0.2, 0.25) is 0 Å². The number of nitrogens with one attached hydrogen (secondary N) is 1. The number of aromatic nitrogens is 2. The Morgan fingerprint density at radius 3 is 2.61 bits per heavy atom. The van der Waals surface area contributed by atoms with Gasteiger partial charge in [-0.2, -0.15) is 0 Å². The van der Waals surface area contributed by atoms with Crippen molar-refractivity contribution in [2.75, 3.05) is 13.7 Å². The molecule has 1 saturated carbocycles. The van der Waals surface area contributed by atoms with Crippen LogP contribution in [0.2, 0.25) is 0 Å². The topological polar surface area (TPSA) is 48.3 Å². The minimum absolute atomic E-state index is 0.0926. The number of imidazole rings is 1. The average molecular weight is 377 g/mol.